The van der Waals surface area contributed by atoms with Crippen LogP contribution in [-0.2, 0) is 0 Å². The van der Waals surface area contributed by atoms with E-state index >= 15 is 0 Å². The van der Waals surface area contributed by atoms with Crippen molar-refractivity contribution < 1.29 is 4.79 Å². The van der Waals surface area contributed by atoms with Crippen LogP contribution in [0.1, 0.15) is 56.4 Å². The van der Waals surface area contributed by atoms with Crippen LogP contribution in [0.25, 0.3) is 0 Å². The lowest BCUT2D eigenvalue weighted by molar-refractivity contribution is 0.0687. The minimum Gasteiger partial charge on any atom is -0.384 e. The van der Waals surface area contributed by atoms with E-state index in [0.29, 0.717) is 11.7 Å². The van der Waals surface area contributed by atoms with Gasteiger partial charge in [-0.3, -0.25) is 4.79 Å². The number of nitrogens with zero attached hydrogens (tertiary/aromatic N) is 2. The Bertz CT molecular complexity index is 424. The molecule has 0 saturated heterocycles. The van der Waals surface area contributed by atoms with Crippen LogP contribution >= 0.6 is 0 Å². The van der Waals surface area contributed by atoms with Crippen molar-refractivity contribution in [1.82, 2.24) is 9.88 Å². The van der Waals surface area contributed by atoms with E-state index in [9.17, 15) is 4.79 Å². The number of carbonyl (C=O) groups is 1. The van der Waals surface area contributed by atoms with Crippen LogP contribution in [-0.4, -0.2) is 34.9 Å². The van der Waals surface area contributed by atoms with Crippen LogP contribution in [0.4, 0.5) is 5.69 Å². The van der Waals surface area contributed by atoms with Gasteiger partial charge in [0.05, 0.1) is 11.9 Å². The first kappa shape index (κ1) is 14.8. The second-order valence-corrected chi connectivity index (χ2v) is 5.39. The lowest BCUT2D eigenvalue weighted by Gasteiger charge is -2.27. The monoisotopic (exact) mass is 275 g/mol. The number of carbonyl (C=O) groups excluding carboxylic acids is 1. The molecule has 1 saturated carbocycles. The van der Waals surface area contributed by atoms with Crippen molar-refractivity contribution in [3.05, 3.63) is 24.0 Å². The molecule has 1 aliphatic carbocycles. The summed E-state index contributed by atoms with van der Waals surface area (Å²) >= 11 is 0. The van der Waals surface area contributed by atoms with E-state index in [1.807, 2.05) is 24.0 Å². The van der Waals surface area contributed by atoms with Gasteiger partial charge in [0.15, 0.2) is 0 Å². The van der Waals surface area contributed by atoms with Crippen molar-refractivity contribution in [3.63, 3.8) is 0 Å². The molecule has 1 aliphatic rings. The van der Waals surface area contributed by atoms with Gasteiger partial charge >= 0.3 is 0 Å². The molecule has 0 bridgehead atoms. The van der Waals surface area contributed by atoms with Gasteiger partial charge in [0.25, 0.3) is 5.91 Å². The Labute approximate surface area is 121 Å². The minimum absolute atomic E-state index is 0.0708. The number of hydrogen-bond donors (Lipinski definition) is 1. The second kappa shape index (κ2) is 7.27. The molecular weight excluding hydrogens is 250 g/mol. The number of anilines is 1. The highest BCUT2D eigenvalue weighted by molar-refractivity contribution is 5.92. The molecule has 4 nitrogen and oxygen atoms in total. The van der Waals surface area contributed by atoms with Crippen LogP contribution in [0.15, 0.2) is 18.3 Å². The average Bonchev–Trinajstić information content (AvgIpc) is 3.00. The van der Waals surface area contributed by atoms with Gasteiger partial charge in [-0.1, -0.05) is 19.8 Å². The van der Waals surface area contributed by atoms with E-state index in [-0.39, 0.29) is 5.91 Å². The predicted octanol–water partition coefficient (Wildman–Crippen LogP) is 3.31. The molecule has 1 heterocycles. The van der Waals surface area contributed by atoms with Crippen molar-refractivity contribution in [3.8, 4) is 0 Å². The molecule has 0 unspecified atom stereocenters. The molecule has 1 amide bonds. The molecule has 4 heteroatoms. The smallest absolute Gasteiger partial charge is 0.272 e. The predicted molar refractivity (Wildman–Crippen MR) is 82.0 cm³/mol. The summed E-state index contributed by atoms with van der Waals surface area (Å²) in [5.41, 5.74) is 1.54. The van der Waals surface area contributed by atoms with Gasteiger partial charge in [0.1, 0.15) is 5.69 Å². The van der Waals surface area contributed by atoms with Crippen molar-refractivity contribution in [2.75, 3.05) is 18.4 Å². The molecule has 1 N–H and O–H groups in total. The molecule has 0 spiro atoms. The van der Waals surface area contributed by atoms with Crippen molar-refractivity contribution in [1.29, 1.82) is 0 Å². The fourth-order valence-electron chi connectivity index (χ4n) is 2.82. The Morgan fingerprint density at radius 3 is 2.65 bits per heavy atom. The summed E-state index contributed by atoms with van der Waals surface area (Å²) in [7, 11) is 0. The van der Waals surface area contributed by atoms with Crippen LogP contribution in [0, 0.1) is 0 Å². The van der Waals surface area contributed by atoms with Gasteiger partial charge in [0, 0.05) is 19.1 Å². The molecule has 0 aromatic carbocycles. The standard InChI is InChI=1S/C16H25N3O/c1-3-11-17-13-9-10-15(18-12-13)16(20)19(4-2)14-7-5-6-8-14/h9-10,12,14,17H,3-8,11H2,1-2H3. The van der Waals surface area contributed by atoms with Crippen LogP contribution in [0.2, 0.25) is 0 Å². The van der Waals surface area contributed by atoms with E-state index in [1.165, 1.54) is 12.8 Å². The normalized spacial score (nSPS) is 15.3. The molecule has 0 atom stereocenters. The summed E-state index contributed by atoms with van der Waals surface area (Å²) in [6.07, 6.45) is 7.58. The lowest BCUT2D eigenvalue weighted by Crippen LogP contribution is -2.39. The van der Waals surface area contributed by atoms with E-state index < -0.39 is 0 Å². The number of pyridine rings is 1. The van der Waals surface area contributed by atoms with Gasteiger partial charge in [0.2, 0.25) is 0 Å². The molecule has 1 fully saturated rings. The van der Waals surface area contributed by atoms with Crippen molar-refractivity contribution in [2.24, 2.45) is 0 Å². The summed E-state index contributed by atoms with van der Waals surface area (Å²) in [4.78, 5) is 18.8. The summed E-state index contributed by atoms with van der Waals surface area (Å²) in [5.74, 6) is 0.0708. The van der Waals surface area contributed by atoms with Gasteiger partial charge in [-0.2, -0.15) is 0 Å². The first-order valence-electron chi connectivity index (χ1n) is 7.77. The molecule has 2 rings (SSSR count). The molecule has 1 aromatic heterocycles. The quantitative estimate of drug-likeness (QED) is 0.866. The Balaban J connectivity index is 2.03. The van der Waals surface area contributed by atoms with E-state index in [1.54, 1.807) is 6.20 Å². The summed E-state index contributed by atoms with van der Waals surface area (Å²) < 4.78 is 0. The number of hydrogen-bond acceptors (Lipinski definition) is 3. The third-order valence-corrected chi connectivity index (χ3v) is 3.93. The third-order valence-electron chi connectivity index (χ3n) is 3.93. The highest BCUT2D eigenvalue weighted by Gasteiger charge is 2.26. The average molecular weight is 275 g/mol. The Morgan fingerprint density at radius 2 is 2.10 bits per heavy atom. The van der Waals surface area contributed by atoms with Crippen molar-refractivity contribution >= 4 is 11.6 Å². The topological polar surface area (TPSA) is 45.2 Å². The highest BCUT2D eigenvalue weighted by Crippen LogP contribution is 2.24. The van der Waals surface area contributed by atoms with Gasteiger partial charge in [-0.05, 0) is 38.3 Å². The SMILES string of the molecule is CCCNc1ccc(C(=O)N(CC)C2CCCC2)nc1. The maximum atomic E-state index is 12.5. The fraction of sp³-hybridized carbons (Fsp3) is 0.625. The molecular formula is C16H25N3O. The zero-order valence-electron chi connectivity index (χ0n) is 12.6. The first-order valence-corrected chi connectivity index (χ1v) is 7.77. The number of rotatable bonds is 6. The molecule has 110 valence electrons. The van der Waals surface area contributed by atoms with Crippen LogP contribution in [0.3, 0.4) is 0 Å². The van der Waals surface area contributed by atoms with Gasteiger partial charge in [-0.15, -0.1) is 0 Å². The molecule has 1 aromatic rings. The maximum Gasteiger partial charge on any atom is 0.272 e. The Hall–Kier alpha value is -1.58. The van der Waals surface area contributed by atoms with Crippen LogP contribution in [0.5, 0.6) is 0 Å². The number of aromatic nitrogens is 1. The van der Waals surface area contributed by atoms with Gasteiger partial charge in [-0.25, -0.2) is 4.98 Å². The lowest BCUT2D eigenvalue weighted by atomic mass is 10.2. The number of nitrogens with one attached hydrogen (secondary N) is 1. The van der Waals surface area contributed by atoms with Crippen molar-refractivity contribution in [2.45, 2.75) is 52.0 Å². The summed E-state index contributed by atoms with van der Waals surface area (Å²) in [6.45, 7) is 5.87. The van der Waals surface area contributed by atoms with E-state index in [2.05, 4.69) is 17.2 Å². The zero-order valence-corrected chi connectivity index (χ0v) is 12.6. The van der Waals surface area contributed by atoms with E-state index in [0.717, 1.165) is 38.0 Å². The molecule has 20 heavy (non-hydrogen) atoms. The fourth-order valence-corrected chi connectivity index (χ4v) is 2.82. The third kappa shape index (κ3) is 3.50. The van der Waals surface area contributed by atoms with Gasteiger partial charge < -0.3 is 10.2 Å². The summed E-state index contributed by atoms with van der Waals surface area (Å²) in [6, 6.07) is 4.18. The highest BCUT2D eigenvalue weighted by atomic mass is 16.2. The number of amides is 1. The summed E-state index contributed by atoms with van der Waals surface area (Å²) in [5, 5.41) is 3.27. The molecule has 0 aliphatic heterocycles. The Kier molecular flexibility index (Phi) is 5.39. The largest absolute Gasteiger partial charge is 0.384 e. The molecule has 0 radical (unpaired) electrons. The van der Waals surface area contributed by atoms with E-state index in [4.69, 9.17) is 0 Å². The second-order valence-electron chi connectivity index (χ2n) is 5.39. The minimum atomic E-state index is 0.0708. The zero-order chi connectivity index (χ0) is 14.4. The van der Waals surface area contributed by atoms with Crippen LogP contribution < -0.4 is 5.32 Å². The maximum absolute atomic E-state index is 12.5. The Morgan fingerprint density at radius 1 is 1.35 bits per heavy atom. The first-order chi connectivity index (χ1) is 9.76.